The molecule has 1 fully saturated rings. The summed E-state index contributed by atoms with van der Waals surface area (Å²) in [5.41, 5.74) is 10.1. The van der Waals surface area contributed by atoms with E-state index in [0.717, 1.165) is 24.0 Å². The lowest BCUT2D eigenvalue weighted by Gasteiger charge is -2.29. The Morgan fingerprint density at radius 2 is 2.03 bits per heavy atom. The van der Waals surface area contributed by atoms with Crippen molar-refractivity contribution in [1.29, 1.82) is 0 Å². The van der Waals surface area contributed by atoms with Crippen molar-refractivity contribution in [2.75, 3.05) is 7.11 Å². The average Bonchev–Trinajstić information content (AvgIpc) is 2.73. The van der Waals surface area contributed by atoms with E-state index in [-0.39, 0.29) is 5.82 Å². The van der Waals surface area contributed by atoms with Crippen LogP contribution in [0.25, 0.3) is 5.70 Å². The molecule has 0 radical (unpaired) electrons. The van der Waals surface area contributed by atoms with Crippen molar-refractivity contribution < 1.29 is 13.5 Å². The van der Waals surface area contributed by atoms with Gasteiger partial charge in [0.2, 0.25) is 0 Å². The van der Waals surface area contributed by atoms with Crippen LogP contribution in [0.1, 0.15) is 59.9 Å². The predicted molar refractivity (Wildman–Crippen MR) is 124 cm³/mol. The number of benzene rings is 2. The van der Waals surface area contributed by atoms with Crippen LogP contribution in [0, 0.1) is 5.82 Å². The van der Waals surface area contributed by atoms with E-state index in [1.54, 1.807) is 31.4 Å². The summed E-state index contributed by atoms with van der Waals surface area (Å²) < 4.78 is 34.4. The summed E-state index contributed by atoms with van der Waals surface area (Å²) in [5, 5.41) is 0. The minimum Gasteiger partial charge on any atom is -0.496 e. The predicted octanol–water partition coefficient (Wildman–Crippen LogP) is 6.26. The van der Waals surface area contributed by atoms with Gasteiger partial charge in [-0.3, -0.25) is 4.99 Å². The van der Waals surface area contributed by atoms with Crippen molar-refractivity contribution in [3.05, 3.63) is 82.3 Å². The lowest BCUT2D eigenvalue weighted by Crippen LogP contribution is -2.14. The molecule has 1 aliphatic rings. The van der Waals surface area contributed by atoms with Crippen LogP contribution in [-0.4, -0.2) is 13.3 Å². The normalized spacial score (nSPS) is 14.6. The highest BCUT2D eigenvalue weighted by atomic mass is 19.1. The fraction of sp³-hybridized carbons (Fsp3) is 0.346. The average molecular weight is 425 g/mol. The summed E-state index contributed by atoms with van der Waals surface area (Å²) in [6, 6.07) is 9.13. The summed E-state index contributed by atoms with van der Waals surface area (Å²) in [5.74, 6) is 0.830. The Labute approximate surface area is 183 Å². The zero-order chi connectivity index (χ0) is 22.4. The molecule has 0 aromatic heterocycles. The Hall–Kier alpha value is -2.95. The van der Waals surface area contributed by atoms with Crippen molar-refractivity contribution in [2.45, 2.75) is 51.6 Å². The van der Waals surface area contributed by atoms with E-state index in [9.17, 15) is 4.39 Å². The van der Waals surface area contributed by atoms with Gasteiger partial charge in [-0.1, -0.05) is 31.2 Å². The van der Waals surface area contributed by atoms with Crippen LogP contribution < -0.4 is 10.5 Å². The Morgan fingerprint density at radius 1 is 1.26 bits per heavy atom. The van der Waals surface area contributed by atoms with E-state index in [0.29, 0.717) is 52.6 Å². The summed E-state index contributed by atoms with van der Waals surface area (Å²) >= 11 is 0. The van der Waals surface area contributed by atoms with Gasteiger partial charge in [0.15, 0.2) is 0 Å². The van der Waals surface area contributed by atoms with E-state index >= 15 is 4.39 Å². The number of aryl methyl sites for hydroxylation is 1. The van der Waals surface area contributed by atoms with E-state index < -0.39 is 6.67 Å². The van der Waals surface area contributed by atoms with Gasteiger partial charge < -0.3 is 10.5 Å². The number of halogens is 2. The maximum absolute atomic E-state index is 15.8. The molecule has 0 heterocycles. The van der Waals surface area contributed by atoms with Gasteiger partial charge in [-0.2, -0.15) is 0 Å². The maximum atomic E-state index is 15.8. The summed E-state index contributed by atoms with van der Waals surface area (Å²) in [6.07, 6.45) is 7.58. The van der Waals surface area contributed by atoms with Crippen LogP contribution in [0.3, 0.4) is 0 Å². The monoisotopic (exact) mass is 424 g/mol. The van der Waals surface area contributed by atoms with E-state index in [1.807, 2.05) is 19.1 Å². The molecular weight excluding hydrogens is 394 g/mol. The molecule has 3 rings (SSSR count). The first-order valence-corrected chi connectivity index (χ1v) is 10.7. The molecule has 2 aromatic carbocycles. The molecule has 0 aliphatic heterocycles. The molecule has 3 nitrogen and oxygen atoms in total. The molecule has 0 atom stereocenters. The van der Waals surface area contributed by atoms with Crippen LogP contribution in [0.5, 0.6) is 5.75 Å². The topological polar surface area (TPSA) is 47.6 Å². The van der Waals surface area contributed by atoms with Crippen LogP contribution >= 0.6 is 0 Å². The Bertz CT molecular complexity index is 1010. The maximum Gasteiger partial charge on any atom is 0.136 e. The van der Waals surface area contributed by atoms with Gasteiger partial charge in [-0.25, -0.2) is 8.78 Å². The quantitative estimate of drug-likeness (QED) is 0.483. The highest BCUT2D eigenvalue weighted by Gasteiger charge is 2.25. The molecule has 1 saturated carbocycles. The Balaban J connectivity index is 1.98. The van der Waals surface area contributed by atoms with Crippen molar-refractivity contribution in [2.24, 2.45) is 10.7 Å². The second kappa shape index (κ2) is 10.4. The number of alkyl halides is 1. The molecule has 0 amide bonds. The molecule has 31 heavy (non-hydrogen) atoms. The van der Waals surface area contributed by atoms with Crippen molar-refractivity contribution in [3.63, 3.8) is 0 Å². The van der Waals surface area contributed by atoms with Crippen LogP contribution in [0.4, 0.5) is 8.78 Å². The van der Waals surface area contributed by atoms with Crippen LogP contribution in [0.15, 0.2) is 53.7 Å². The molecule has 0 spiro atoms. The fourth-order valence-electron chi connectivity index (χ4n) is 4.01. The molecule has 2 aromatic rings. The standard InChI is InChI=1S/C26H30F2N2O/c1-4-24(30-16-17(2)29)23-12-11-21(19-6-5-7-19)22(26(23)28)10-9-20-14-18(15-27)8-13-25(20)31-3/h4,8,11-14,16,19H,2,5-7,9-10,15,29H2,1,3H3/b24-4-,30-16?. The molecule has 164 valence electrons. The van der Waals surface area contributed by atoms with Crippen LogP contribution in [0.2, 0.25) is 0 Å². The van der Waals surface area contributed by atoms with Gasteiger partial charge in [-0.05, 0) is 79.0 Å². The number of hydrogen-bond acceptors (Lipinski definition) is 3. The molecule has 1 aliphatic carbocycles. The largest absolute Gasteiger partial charge is 0.496 e. The van der Waals surface area contributed by atoms with Gasteiger partial charge >= 0.3 is 0 Å². The molecule has 0 unspecified atom stereocenters. The van der Waals surface area contributed by atoms with Gasteiger partial charge in [0.05, 0.1) is 12.8 Å². The number of hydrogen-bond donors (Lipinski definition) is 1. The number of nitrogens with two attached hydrogens (primary N) is 1. The summed E-state index contributed by atoms with van der Waals surface area (Å²) in [7, 11) is 1.59. The Kier molecular flexibility index (Phi) is 7.61. The number of ether oxygens (including phenoxy) is 1. The molecule has 5 heteroatoms. The van der Waals surface area contributed by atoms with Gasteiger partial charge in [0.25, 0.3) is 0 Å². The molecular formula is C26H30F2N2O. The first-order chi connectivity index (χ1) is 15.0. The second-order valence-electron chi connectivity index (χ2n) is 7.91. The third-order valence-corrected chi connectivity index (χ3v) is 5.89. The zero-order valence-electron chi connectivity index (χ0n) is 18.3. The first kappa shape index (κ1) is 22.7. The summed E-state index contributed by atoms with van der Waals surface area (Å²) in [6.45, 7) is 4.89. The minimum absolute atomic E-state index is 0.252. The van der Waals surface area contributed by atoms with Crippen molar-refractivity contribution >= 4 is 11.9 Å². The smallest absolute Gasteiger partial charge is 0.136 e. The highest BCUT2D eigenvalue weighted by molar-refractivity contribution is 5.83. The number of nitrogens with zero attached hydrogens (tertiary/aromatic N) is 1. The molecule has 2 N–H and O–H groups in total. The SMILES string of the molecule is C=C(N)C=N/C(=C\C)c1ccc(C2CCC2)c(CCc2cc(CF)ccc2OC)c1F. The molecule has 0 bridgehead atoms. The fourth-order valence-corrected chi connectivity index (χ4v) is 4.01. The minimum atomic E-state index is -0.538. The lowest BCUT2D eigenvalue weighted by atomic mass is 9.76. The number of allylic oxidation sites excluding steroid dienone is 2. The van der Waals surface area contributed by atoms with E-state index in [4.69, 9.17) is 10.5 Å². The van der Waals surface area contributed by atoms with Gasteiger partial charge in [-0.15, -0.1) is 0 Å². The Morgan fingerprint density at radius 3 is 2.61 bits per heavy atom. The third-order valence-electron chi connectivity index (χ3n) is 5.89. The van der Waals surface area contributed by atoms with Crippen molar-refractivity contribution in [3.8, 4) is 5.75 Å². The number of methoxy groups -OCH3 is 1. The summed E-state index contributed by atoms with van der Waals surface area (Å²) in [4.78, 5) is 4.30. The zero-order valence-corrected chi connectivity index (χ0v) is 18.3. The first-order valence-electron chi connectivity index (χ1n) is 10.7. The van der Waals surface area contributed by atoms with Gasteiger partial charge in [0.1, 0.15) is 18.2 Å². The number of rotatable bonds is 9. The van der Waals surface area contributed by atoms with E-state index in [1.165, 1.54) is 12.6 Å². The third kappa shape index (κ3) is 5.22. The number of aliphatic imine (C=N–C) groups is 1. The van der Waals surface area contributed by atoms with E-state index in [2.05, 4.69) is 11.6 Å². The van der Waals surface area contributed by atoms with Crippen molar-refractivity contribution in [1.82, 2.24) is 0 Å². The highest BCUT2D eigenvalue weighted by Crippen LogP contribution is 2.40. The molecule has 0 saturated heterocycles. The lowest BCUT2D eigenvalue weighted by molar-refractivity contribution is 0.407. The van der Waals surface area contributed by atoms with Crippen LogP contribution in [-0.2, 0) is 19.5 Å². The van der Waals surface area contributed by atoms with Gasteiger partial charge in [0, 0.05) is 17.5 Å². The second-order valence-corrected chi connectivity index (χ2v) is 7.91.